The number of fused-ring (bicyclic) bond motifs is 1. The highest BCUT2D eigenvalue weighted by molar-refractivity contribution is 7.20. The lowest BCUT2D eigenvalue weighted by molar-refractivity contribution is 0.0955. The van der Waals surface area contributed by atoms with Crippen LogP contribution in [-0.4, -0.2) is 24.5 Å². The SMILES string of the molecule is CCNC(=O)c1nc2ccc(OC)cc2s1. The van der Waals surface area contributed by atoms with Gasteiger partial charge in [0.05, 0.1) is 17.3 Å². The number of carbonyl (C=O) groups excluding carboxylic acids is 1. The average molecular weight is 236 g/mol. The highest BCUT2D eigenvalue weighted by atomic mass is 32.1. The second-order valence-electron chi connectivity index (χ2n) is 3.21. The summed E-state index contributed by atoms with van der Waals surface area (Å²) in [6.45, 7) is 2.49. The van der Waals surface area contributed by atoms with Gasteiger partial charge in [-0.3, -0.25) is 4.79 Å². The minimum absolute atomic E-state index is 0.123. The third-order valence-electron chi connectivity index (χ3n) is 2.13. The molecule has 84 valence electrons. The summed E-state index contributed by atoms with van der Waals surface area (Å²) >= 11 is 1.37. The van der Waals surface area contributed by atoms with Crippen LogP contribution in [0.1, 0.15) is 16.7 Å². The topological polar surface area (TPSA) is 51.2 Å². The molecule has 0 bridgehead atoms. The first-order valence-corrected chi connectivity index (χ1v) is 5.79. The normalized spacial score (nSPS) is 10.4. The molecular weight excluding hydrogens is 224 g/mol. The van der Waals surface area contributed by atoms with E-state index in [2.05, 4.69) is 10.3 Å². The fraction of sp³-hybridized carbons (Fsp3) is 0.273. The largest absolute Gasteiger partial charge is 0.497 e. The second kappa shape index (κ2) is 4.49. The number of nitrogens with one attached hydrogen (secondary N) is 1. The van der Waals surface area contributed by atoms with Gasteiger partial charge in [-0.1, -0.05) is 0 Å². The number of rotatable bonds is 3. The van der Waals surface area contributed by atoms with Crippen molar-refractivity contribution in [3.63, 3.8) is 0 Å². The van der Waals surface area contributed by atoms with Gasteiger partial charge in [-0.2, -0.15) is 0 Å². The quantitative estimate of drug-likeness (QED) is 0.887. The number of methoxy groups -OCH3 is 1. The van der Waals surface area contributed by atoms with E-state index in [1.54, 1.807) is 7.11 Å². The molecule has 1 amide bonds. The van der Waals surface area contributed by atoms with E-state index in [4.69, 9.17) is 4.74 Å². The van der Waals surface area contributed by atoms with Gasteiger partial charge in [0.15, 0.2) is 5.01 Å². The molecule has 1 aromatic carbocycles. The minimum atomic E-state index is -0.123. The van der Waals surface area contributed by atoms with Crippen molar-refractivity contribution in [2.75, 3.05) is 13.7 Å². The van der Waals surface area contributed by atoms with Crippen LogP contribution in [0, 0.1) is 0 Å². The van der Waals surface area contributed by atoms with Crippen LogP contribution < -0.4 is 10.1 Å². The highest BCUT2D eigenvalue weighted by Gasteiger charge is 2.11. The third kappa shape index (κ3) is 1.99. The van der Waals surface area contributed by atoms with Gasteiger partial charge in [-0.15, -0.1) is 11.3 Å². The molecule has 5 heteroatoms. The smallest absolute Gasteiger partial charge is 0.280 e. The van der Waals surface area contributed by atoms with E-state index in [1.807, 2.05) is 25.1 Å². The summed E-state index contributed by atoms with van der Waals surface area (Å²) in [5.74, 6) is 0.654. The van der Waals surface area contributed by atoms with Crippen molar-refractivity contribution in [2.45, 2.75) is 6.92 Å². The van der Waals surface area contributed by atoms with Crippen LogP contribution in [0.25, 0.3) is 10.2 Å². The predicted molar refractivity (Wildman–Crippen MR) is 64.2 cm³/mol. The van der Waals surface area contributed by atoms with Gasteiger partial charge in [0, 0.05) is 6.54 Å². The first kappa shape index (κ1) is 10.9. The fourth-order valence-corrected chi connectivity index (χ4v) is 2.28. The second-order valence-corrected chi connectivity index (χ2v) is 4.24. The maximum Gasteiger partial charge on any atom is 0.280 e. The first-order chi connectivity index (χ1) is 7.74. The Labute approximate surface area is 97.3 Å². The van der Waals surface area contributed by atoms with Gasteiger partial charge in [0.1, 0.15) is 5.75 Å². The molecular formula is C11H12N2O2S. The molecule has 0 aliphatic carbocycles. The van der Waals surface area contributed by atoms with E-state index >= 15 is 0 Å². The van der Waals surface area contributed by atoms with Crippen LogP contribution in [0.5, 0.6) is 5.75 Å². The van der Waals surface area contributed by atoms with Crippen molar-refractivity contribution < 1.29 is 9.53 Å². The van der Waals surface area contributed by atoms with Crippen molar-refractivity contribution >= 4 is 27.5 Å². The van der Waals surface area contributed by atoms with Gasteiger partial charge in [0.25, 0.3) is 5.91 Å². The number of hydrogen-bond donors (Lipinski definition) is 1. The number of aromatic nitrogens is 1. The van der Waals surface area contributed by atoms with Gasteiger partial charge in [-0.05, 0) is 25.1 Å². The molecule has 0 aliphatic heterocycles. The molecule has 1 heterocycles. The Balaban J connectivity index is 2.39. The Morgan fingerprint density at radius 2 is 2.38 bits per heavy atom. The van der Waals surface area contributed by atoms with Crippen molar-refractivity contribution in [1.82, 2.24) is 10.3 Å². The molecule has 4 nitrogen and oxygen atoms in total. The summed E-state index contributed by atoms with van der Waals surface area (Å²) < 4.78 is 6.08. The monoisotopic (exact) mass is 236 g/mol. The van der Waals surface area contributed by atoms with Crippen LogP contribution >= 0.6 is 11.3 Å². The van der Waals surface area contributed by atoms with Crippen LogP contribution in [0.2, 0.25) is 0 Å². The minimum Gasteiger partial charge on any atom is -0.497 e. The number of thiazole rings is 1. The lowest BCUT2D eigenvalue weighted by Crippen LogP contribution is -2.22. The number of ether oxygens (including phenoxy) is 1. The van der Waals surface area contributed by atoms with Crippen molar-refractivity contribution in [3.8, 4) is 5.75 Å². The molecule has 2 rings (SSSR count). The number of benzene rings is 1. The van der Waals surface area contributed by atoms with Crippen molar-refractivity contribution in [2.24, 2.45) is 0 Å². The summed E-state index contributed by atoms with van der Waals surface area (Å²) in [7, 11) is 1.62. The van der Waals surface area contributed by atoms with E-state index in [9.17, 15) is 4.79 Å². The van der Waals surface area contributed by atoms with E-state index in [0.29, 0.717) is 11.6 Å². The first-order valence-electron chi connectivity index (χ1n) is 4.97. The van der Waals surface area contributed by atoms with Crippen LogP contribution in [0.15, 0.2) is 18.2 Å². The lowest BCUT2D eigenvalue weighted by Gasteiger charge is -1.96. The Kier molecular flexibility index (Phi) is 3.05. The van der Waals surface area contributed by atoms with E-state index in [1.165, 1.54) is 11.3 Å². The molecule has 0 unspecified atom stereocenters. The number of hydrogen-bond acceptors (Lipinski definition) is 4. The molecule has 0 spiro atoms. The zero-order valence-corrected chi connectivity index (χ0v) is 9.93. The van der Waals surface area contributed by atoms with E-state index in [-0.39, 0.29) is 5.91 Å². The maximum atomic E-state index is 11.6. The standard InChI is InChI=1S/C11H12N2O2S/c1-3-12-10(14)11-13-8-5-4-7(15-2)6-9(8)16-11/h4-6H,3H2,1-2H3,(H,12,14). The Morgan fingerprint density at radius 3 is 3.06 bits per heavy atom. The Bertz CT molecular complexity index is 522. The molecule has 0 saturated heterocycles. The molecule has 1 aromatic heterocycles. The lowest BCUT2D eigenvalue weighted by atomic mass is 10.3. The fourth-order valence-electron chi connectivity index (χ4n) is 1.37. The number of amides is 1. The highest BCUT2D eigenvalue weighted by Crippen LogP contribution is 2.26. The molecule has 16 heavy (non-hydrogen) atoms. The summed E-state index contributed by atoms with van der Waals surface area (Å²) in [6, 6.07) is 5.58. The van der Waals surface area contributed by atoms with Crippen LogP contribution in [-0.2, 0) is 0 Å². The number of nitrogens with zero attached hydrogens (tertiary/aromatic N) is 1. The molecule has 0 fully saturated rings. The van der Waals surface area contributed by atoms with Gasteiger partial charge >= 0.3 is 0 Å². The summed E-state index contributed by atoms with van der Waals surface area (Å²) in [5.41, 5.74) is 0.826. The summed E-state index contributed by atoms with van der Waals surface area (Å²) in [4.78, 5) is 15.8. The summed E-state index contributed by atoms with van der Waals surface area (Å²) in [5, 5.41) is 3.22. The Hall–Kier alpha value is -1.62. The van der Waals surface area contributed by atoms with Crippen LogP contribution in [0.4, 0.5) is 0 Å². The molecule has 1 N–H and O–H groups in total. The number of carbonyl (C=O) groups is 1. The van der Waals surface area contributed by atoms with Gasteiger partial charge in [0.2, 0.25) is 0 Å². The molecule has 2 aromatic rings. The predicted octanol–water partition coefficient (Wildman–Crippen LogP) is 2.05. The van der Waals surface area contributed by atoms with E-state index in [0.717, 1.165) is 16.0 Å². The Morgan fingerprint density at radius 1 is 1.56 bits per heavy atom. The third-order valence-corrected chi connectivity index (χ3v) is 3.14. The van der Waals surface area contributed by atoms with Crippen LogP contribution in [0.3, 0.4) is 0 Å². The van der Waals surface area contributed by atoms with Gasteiger partial charge < -0.3 is 10.1 Å². The average Bonchev–Trinajstić information content (AvgIpc) is 2.71. The zero-order valence-electron chi connectivity index (χ0n) is 9.11. The maximum absolute atomic E-state index is 11.6. The molecule has 0 saturated carbocycles. The van der Waals surface area contributed by atoms with Gasteiger partial charge in [-0.25, -0.2) is 4.98 Å². The van der Waals surface area contributed by atoms with Crippen molar-refractivity contribution in [3.05, 3.63) is 23.2 Å². The summed E-state index contributed by atoms with van der Waals surface area (Å²) in [6.07, 6.45) is 0. The van der Waals surface area contributed by atoms with E-state index < -0.39 is 0 Å². The molecule has 0 radical (unpaired) electrons. The zero-order chi connectivity index (χ0) is 11.5. The molecule has 0 aliphatic rings. The van der Waals surface area contributed by atoms with Crippen molar-refractivity contribution in [1.29, 1.82) is 0 Å². The molecule has 0 atom stereocenters.